The van der Waals surface area contributed by atoms with Gasteiger partial charge in [-0.1, -0.05) is 0 Å². The second-order valence-electron chi connectivity index (χ2n) is 4.48. The minimum atomic E-state index is -0.608. The Balaban J connectivity index is 1.94. The van der Waals surface area contributed by atoms with Gasteiger partial charge in [-0.2, -0.15) is 0 Å². The molecule has 5 heteroatoms. The summed E-state index contributed by atoms with van der Waals surface area (Å²) in [5.41, 5.74) is 0.337. The molecule has 3 rings (SSSR count). The first-order valence-corrected chi connectivity index (χ1v) is 5.66. The van der Waals surface area contributed by atoms with Crippen LogP contribution < -0.4 is 5.32 Å². The van der Waals surface area contributed by atoms with Crippen molar-refractivity contribution >= 4 is 5.91 Å². The highest BCUT2D eigenvalue weighted by atomic mass is 19.1. The first-order valence-electron chi connectivity index (χ1n) is 5.66. The molecule has 0 aromatic heterocycles. The summed E-state index contributed by atoms with van der Waals surface area (Å²) in [5.74, 6) is -1.22. The maximum atomic E-state index is 13.7. The van der Waals surface area contributed by atoms with E-state index in [1.165, 1.54) is 12.1 Å². The number of halogens is 2. The molecule has 2 fully saturated rings. The Labute approximate surface area is 97.4 Å². The highest BCUT2D eigenvalue weighted by molar-refractivity contribution is 5.81. The number of rotatable bonds is 2. The summed E-state index contributed by atoms with van der Waals surface area (Å²) in [6.07, 6.45) is 1.48. The van der Waals surface area contributed by atoms with Crippen LogP contribution in [0.25, 0.3) is 0 Å². The summed E-state index contributed by atoms with van der Waals surface area (Å²) in [7, 11) is 0. The number of nitrogens with one attached hydrogen (secondary N) is 1. The van der Waals surface area contributed by atoms with Crippen molar-refractivity contribution < 1.29 is 13.6 Å². The Hall–Kier alpha value is -1.49. The van der Waals surface area contributed by atoms with Gasteiger partial charge in [0.15, 0.2) is 0 Å². The number of carbonyl (C=O) groups is 1. The largest absolute Gasteiger partial charge is 0.319 e. The molecule has 1 aliphatic heterocycles. The van der Waals surface area contributed by atoms with Gasteiger partial charge in [-0.3, -0.25) is 10.1 Å². The van der Waals surface area contributed by atoms with Gasteiger partial charge in [-0.05, 0) is 25.0 Å². The van der Waals surface area contributed by atoms with Gasteiger partial charge in [0.1, 0.15) is 17.8 Å². The molecule has 2 aliphatic rings. The van der Waals surface area contributed by atoms with Crippen LogP contribution in [0.3, 0.4) is 0 Å². The quantitative estimate of drug-likeness (QED) is 0.848. The van der Waals surface area contributed by atoms with Gasteiger partial charge in [0.2, 0.25) is 5.91 Å². The van der Waals surface area contributed by atoms with E-state index in [-0.39, 0.29) is 18.5 Å². The Bertz CT molecular complexity index is 474. The fourth-order valence-corrected chi connectivity index (χ4v) is 2.27. The van der Waals surface area contributed by atoms with Crippen molar-refractivity contribution in [2.75, 3.05) is 6.54 Å². The van der Waals surface area contributed by atoms with Crippen LogP contribution in [0.2, 0.25) is 0 Å². The zero-order chi connectivity index (χ0) is 12.0. The third-order valence-electron chi connectivity index (χ3n) is 3.21. The maximum absolute atomic E-state index is 13.7. The molecule has 3 nitrogen and oxygen atoms in total. The van der Waals surface area contributed by atoms with Gasteiger partial charge in [-0.15, -0.1) is 0 Å². The topological polar surface area (TPSA) is 32.3 Å². The molecule has 0 spiro atoms. The highest BCUT2D eigenvalue weighted by Crippen LogP contribution is 2.36. The minimum Gasteiger partial charge on any atom is -0.319 e. The van der Waals surface area contributed by atoms with Crippen LogP contribution in [0.5, 0.6) is 0 Å². The summed E-state index contributed by atoms with van der Waals surface area (Å²) in [6.45, 7) is 0.220. The van der Waals surface area contributed by atoms with Crippen molar-refractivity contribution in [2.24, 2.45) is 0 Å². The van der Waals surface area contributed by atoms with E-state index in [1.807, 2.05) is 0 Å². The Kier molecular flexibility index (Phi) is 2.36. The maximum Gasteiger partial charge on any atom is 0.238 e. The molecular formula is C12H12F2N2O. The molecule has 0 radical (unpaired) electrons. The average molecular weight is 238 g/mol. The first kappa shape index (κ1) is 10.7. The van der Waals surface area contributed by atoms with Crippen molar-refractivity contribution in [3.05, 3.63) is 35.4 Å². The van der Waals surface area contributed by atoms with Gasteiger partial charge in [0.25, 0.3) is 0 Å². The second-order valence-corrected chi connectivity index (χ2v) is 4.48. The van der Waals surface area contributed by atoms with Gasteiger partial charge in [0, 0.05) is 17.7 Å². The van der Waals surface area contributed by atoms with E-state index in [2.05, 4.69) is 5.32 Å². The molecule has 1 aliphatic carbocycles. The van der Waals surface area contributed by atoms with E-state index < -0.39 is 17.8 Å². The summed E-state index contributed by atoms with van der Waals surface area (Å²) in [5, 5.41) is 2.97. The molecule has 1 aromatic carbocycles. The number of carbonyl (C=O) groups excluding carboxylic acids is 1. The fourth-order valence-electron chi connectivity index (χ4n) is 2.27. The Morgan fingerprint density at radius 1 is 1.29 bits per heavy atom. The molecule has 1 unspecified atom stereocenters. The molecule has 1 amide bonds. The molecule has 0 bridgehead atoms. The molecule has 1 aromatic rings. The summed E-state index contributed by atoms with van der Waals surface area (Å²) >= 11 is 0. The number of hydrogen-bond donors (Lipinski definition) is 1. The SMILES string of the molecule is O=C1CNC(c2ccc(F)cc2F)N1C1CC1. The fraction of sp³-hybridized carbons (Fsp3) is 0.417. The lowest BCUT2D eigenvalue weighted by molar-refractivity contribution is -0.128. The molecule has 90 valence electrons. The van der Waals surface area contributed by atoms with Crippen LogP contribution in [0.1, 0.15) is 24.6 Å². The van der Waals surface area contributed by atoms with Crippen LogP contribution in [0.4, 0.5) is 8.78 Å². The van der Waals surface area contributed by atoms with E-state index in [0.717, 1.165) is 18.9 Å². The number of benzene rings is 1. The second kappa shape index (κ2) is 3.77. The lowest BCUT2D eigenvalue weighted by Crippen LogP contribution is -2.32. The van der Waals surface area contributed by atoms with Crippen molar-refractivity contribution in [2.45, 2.75) is 25.0 Å². The third kappa shape index (κ3) is 1.80. The number of nitrogens with zero attached hydrogens (tertiary/aromatic N) is 1. The monoisotopic (exact) mass is 238 g/mol. The summed E-state index contributed by atoms with van der Waals surface area (Å²) < 4.78 is 26.5. The third-order valence-corrected chi connectivity index (χ3v) is 3.21. The molecule has 1 N–H and O–H groups in total. The normalized spacial score (nSPS) is 24.5. The van der Waals surface area contributed by atoms with Gasteiger partial charge < -0.3 is 4.90 Å². The summed E-state index contributed by atoms with van der Waals surface area (Å²) in [6, 6.07) is 3.68. The first-order chi connectivity index (χ1) is 8.16. The van der Waals surface area contributed by atoms with Crippen LogP contribution >= 0.6 is 0 Å². The molecule has 17 heavy (non-hydrogen) atoms. The van der Waals surface area contributed by atoms with E-state index >= 15 is 0 Å². The van der Waals surface area contributed by atoms with Crippen molar-refractivity contribution in [3.63, 3.8) is 0 Å². The highest BCUT2D eigenvalue weighted by Gasteiger charge is 2.42. The molecule has 1 saturated heterocycles. The molecular weight excluding hydrogens is 226 g/mol. The smallest absolute Gasteiger partial charge is 0.238 e. The van der Waals surface area contributed by atoms with Gasteiger partial charge in [0.05, 0.1) is 6.54 Å². The van der Waals surface area contributed by atoms with Crippen LogP contribution in [0, 0.1) is 11.6 Å². The predicted octanol–water partition coefficient (Wildman–Crippen LogP) is 1.56. The lowest BCUT2D eigenvalue weighted by atomic mass is 10.1. The van der Waals surface area contributed by atoms with Crippen LogP contribution in [-0.4, -0.2) is 23.4 Å². The summed E-state index contributed by atoms with van der Waals surface area (Å²) in [4.78, 5) is 13.4. The lowest BCUT2D eigenvalue weighted by Gasteiger charge is -2.24. The Morgan fingerprint density at radius 3 is 2.71 bits per heavy atom. The van der Waals surface area contributed by atoms with Gasteiger partial charge >= 0.3 is 0 Å². The van der Waals surface area contributed by atoms with E-state index in [9.17, 15) is 13.6 Å². The van der Waals surface area contributed by atoms with Gasteiger partial charge in [-0.25, -0.2) is 8.78 Å². The molecule has 1 atom stereocenters. The molecule has 1 saturated carbocycles. The number of amides is 1. The van der Waals surface area contributed by atoms with E-state index in [1.54, 1.807) is 4.90 Å². The van der Waals surface area contributed by atoms with Crippen molar-refractivity contribution in [1.82, 2.24) is 10.2 Å². The zero-order valence-electron chi connectivity index (χ0n) is 9.12. The minimum absolute atomic E-state index is 0.0128. The molecule has 1 heterocycles. The van der Waals surface area contributed by atoms with E-state index in [4.69, 9.17) is 0 Å². The standard InChI is InChI=1S/C12H12F2N2O/c13-7-1-4-9(10(14)5-7)12-15-6-11(17)16(12)8-2-3-8/h1,4-5,8,12,15H,2-3,6H2. The predicted molar refractivity (Wildman–Crippen MR) is 57.0 cm³/mol. The number of hydrogen-bond acceptors (Lipinski definition) is 2. The van der Waals surface area contributed by atoms with Crippen LogP contribution in [-0.2, 0) is 4.79 Å². The van der Waals surface area contributed by atoms with Crippen molar-refractivity contribution in [1.29, 1.82) is 0 Å². The van der Waals surface area contributed by atoms with E-state index in [0.29, 0.717) is 5.56 Å². The zero-order valence-corrected chi connectivity index (χ0v) is 9.12. The average Bonchev–Trinajstić information content (AvgIpc) is 3.03. The van der Waals surface area contributed by atoms with Crippen LogP contribution in [0.15, 0.2) is 18.2 Å². The van der Waals surface area contributed by atoms with Crippen molar-refractivity contribution in [3.8, 4) is 0 Å². The Morgan fingerprint density at radius 2 is 2.06 bits per heavy atom.